The number of rotatable bonds is 2. The lowest BCUT2D eigenvalue weighted by Crippen LogP contribution is -1.89. The zero-order valence-electron chi connectivity index (χ0n) is 4.98. The van der Waals surface area contributed by atoms with Crippen molar-refractivity contribution in [2.45, 2.75) is 0 Å². The number of nitrogens with two attached hydrogens (primary N) is 1. The van der Waals surface area contributed by atoms with E-state index in [9.17, 15) is 8.42 Å². The van der Waals surface area contributed by atoms with Crippen LogP contribution in [0.25, 0.3) is 0 Å². The lowest BCUT2D eigenvalue weighted by atomic mass is 10.7. The zero-order chi connectivity index (χ0) is 7.33. The average molecular weight is 148 g/mol. The van der Waals surface area contributed by atoms with E-state index in [0.717, 1.165) is 12.5 Å². The minimum atomic E-state index is -3.23. The van der Waals surface area contributed by atoms with Gasteiger partial charge in [0.2, 0.25) is 10.0 Å². The molecule has 2 N–H and O–H groups in total. The number of sulfonamides is 1. The summed E-state index contributed by atoms with van der Waals surface area (Å²) in [6, 6.07) is 0. The Kier molecular flexibility index (Phi) is 2.94. The van der Waals surface area contributed by atoms with Gasteiger partial charge in [-0.05, 0) is 12.3 Å². The predicted octanol–water partition coefficient (Wildman–Crippen LogP) is -0.511. The number of hydrogen-bond donors (Lipinski definition) is 1. The van der Waals surface area contributed by atoms with Crippen LogP contribution in [0.4, 0.5) is 0 Å². The van der Waals surface area contributed by atoms with E-state index in [1.807, 2.05) is 0 Å². The third-order valence-electron chi connectivity index (χ3n) is 0.450. The first-order chi connectivity index (χ1) is 4.06. The van der Waals surface area contributed by atoms with Crippen molar-refractivity contribution in [3.05, 3.63) is 12.3 Å². The summed E-state index contributed by atoms with van der Waals surface area (Å²) in [5.41, 5.74) is 4.89. The molecule has 0 atom stereocenters. The molecule has 0 aromatic carbocycles. The van der Waals surface area contributed by atoms with Crippen molar-refractivity contribution in [3.8, 4) is 0 Å². The maximum absolute atomic E-state index is 10.2. The molecule has 0 aliphatic heterocycles. The fourth-order valence-corrected chi connectivity index (χ4v) is 0.487. The monoisotopic (exact) mass is 148 g/mol. The van der Waals surface area contributed by atoms with Gasteiger partial charge in [-0.1, -0.05) is 0 Å². The summed E-state index contributed by atoms with van der Waals surface area (Å²) in [5.74, 6) is 0. The molecule has 0 aliphatic rings. The molecular weight excluding hydrogens is 140 g/mol. The first-order valence-electron chi connectivity index (χ1n) is 2.18. The third-order valence-corrected chi connectivity index (χ3v) is 0.954. The van der Waals surface area contributed by atoms with Crippen LogP contribution in [-0.4, -0.2) is 20.9 Å². The first kappa shape index (κ1) is 8.16. The lowest BCUT2D eigenvalue weighted by molar-refractivity contribution is 0.604. The van der Waals surface area contributed by atoms with Crippen LogP contribution in [0.1, 0.15) is 0 Å². The van der Waals surface area contributed by atoms with Gasteiger partial charge in [0, 0.05) is 6.21 Å². The maximum atomic E-state index is 10.2. The van der Waals surface area contributed by atoms with E-state index >= 15 is 0 Å². The van der Waals surface area contributed by atoms with Gasteiger partial charge in [-0.3, -0.25) is 0 Å². The van der Waals surface area contributed by atoms with E-state index in [4.69, 9.17) is 5.73 Å². The molecule has 52 valence electrons. The Balaban J connectivity index is 4.03. The molecule has 9 heavy (non-hydrogen) atoms. The highest BCUT2D eigenvalue weighted by molar-refractivity contribution is 7.89. The van der Waals surface area contributed by atoms with Gasteiger partial charge in [-0.15, -0.1) is 0 Å². The van der Waals surface area contributed by atoms with Gasteiger partial charge >= 0.3 is 0 Å². The fraction of sp³-hybridized carbons (Fsp3) is 0.250. The summed E-state index contributed by atoms with van der Waals surface area (Å²) in [7, 11) is -3.23. The minimum absolute atomic E-state index is 1.01. The van der Waals surface area contributed by atoms with Crippen LogP contribution < -0.4 is 5.73 Å². The lowest BCUT2D eigenvalue weighted by Gasteiger charge is -1.79. The topological polar surface area (TPSA) is 72.5 Å². The van der Waals surface area contributed by atoms with E-state index in [1.165, 1.54) is 12.3 Å². The molecule has 0 amide bonds. The maximum Gasteiger partial charge on any atom is 0.250 e. The van der Waals surface area contributed by atoms with Gasteiger partial charge in [0.05, 0.1) is 6.26 Å². The Morgan fingerprint density at radius 3 is 2.44 bits per heavy atom. The Morgan fingerprint density at radius 1 is 1.56 bits per heavy atom. The van der Waals surface area contributed by atoms with Gasteiger partial charge in [0.25, 0.3) is 0 Å². The Labute approximate surface area is 54.1 Å². The molecule has 0 saturated heterocycles. The Morgan fingerprint density at radius 2 is 2.11 bits per heavy atom. The normalized spacial score (nSPS) is 13.4. The Hall–Kier alpha value is -0.840. The molecule has 0 spiro atoms. The van der Waals surface area contributed by atoms with Crippen molar-refractivity contribution in [2.24, 2.45) is 10.1 Å². The average Bonchev–Trinajstić information content (AvgIpc) is 1.63. The molecule has 0 aromatic heterocycles. The van der Waals surface area contributed by atoms with Crippen molar-refractivity contribution in [1.82, 2.24) is 0 Å². The van der Waals surface area contributed by atoms with Gasteiger partial charge in [-0.2, -0.15) is 4.40 Å². The van der Waals surface area contributed by atoms with Gasteiger partial charge < -0.3 is 5.73 Å². The van der Waals surface area contributed by atoms with E-state index in [-0.39, 0.29) is 0 Å². The number of hydrogen-bond acceptors (Lipinski definition) is 3. The van der Waals surface area contributed by atoms with Crippen LogP contribution >= 0.6 is 0 Å². The van der Waals surface area contributed by atoms with Crippen molar-refractivity contribution in [1.29, 1.82) is 0 Å². The van der Waals surface area contributed by atoms with Gasteiger partial charge in [0.15, 0.2) is 0 Å². The van der Waals surface area contributed by atoms with Crippen molar-refractivity contribution >= 4 is 16.2 Å². The molecule has 0 saturated carbocycles. The number of nitrogens with zero attached hydrogens (tertiary/aromatic N) is 1. The molecule has 0 rings (SSSR count). The van der Waals surface area contributed by atoms with Crippen LogP contribution in [0, 0.1) is 0 Å². The zero-order valence-corrected chi connectivity index (χ0v) is 5.80. The summed E-state index contributed by atoms with van der Waals surface area (Å²) in [5, 5.41) is 0. The largest absolute Gasteiger partial charge is 0.405 e. The molecular formula is C4H8N2O2S. The Bertz CT molecular complexity index is 215. The summed E-state index contributed by atoms with van der Waals surface area (Å²) < 4.78 is 23.6. The molecule has 4 nitrogen and oxygen atoms in total. The van der Waals surface area contributed by atoms with E-state index < -0.39 is 10.0 Å². The van der Waals surface area contributed by atoms with Crippen LogP contribution in [-0.2, 0) is 10.0 Å². The van der Waals surface area contributed by atoms with E-state index in [1.54, 1.807) is 0 Å². The van der Waals surface area contributed by atoms with Crippen LogP contribution in [0.3, 0.4) is 0 Å². The highest BCUT2D eigenvalue weighted by Gasteiger charge is 1.89. The minimum Gasteiger partial charge on any atom is -0.405 e. The molecule has 0 aliphatic carbocycles. The van der Waals surface area contributed by atoms with Crippen molar-refractivity contribution < 1.29 is 8.42 Å². The standard InChI is InChI=1S/C4H8N2O2S/c1-9(7,8)6-4-2-3-5/h2-4H,5H2,1H3/b3-2-,6-4?. The van der Waals surface area contributed by atoms with E-state index in [2.05, 4.69) is 4.40 Å². The van der Waals surface area contributed by atoms with E-state index in [0.29, 0.717) is 0 Å². The molecule has 0 bridgehead atoms. The number of allylic oxidation sites excluding steroid dienone is 1. The summed E-state index contributed by atoms with van der Waals surface area (Å²) in [6.45, 7) is 0. The van der Waals surface area contributed by atoms with Crippen LogP contribution in [0.15, 0.2) is 16.7 Å². The predicted molar refractivity (Wildman–Crippen MR) is 36.7 cm³/mol. The van der Waals surface area contributed by atoms with Gasteiger partial charge in [-0.25, -0.2) is 8.42 Å². The second-order valence-electron chi connectivity index (χ2n) is 1.37. The highest BCUT2D eigenvalue weighted by Crippen LogP contribution is 1.80. The molecule has 0 radical (unpaired) electrons. The highest BCUT2D eigenvalue weighted by atomic mass is 32.2. The smallest absolute Gasteiger partial charge is 0.250 e. The third kappa shape index (κ3) is 7.16. The SMILES string of the molecule is CS(=O)(=O)N=C/C=C\N. The summed E-state index contributed by atoms with van der Waals surface area (Å²) >= 11 is 0. The molecule has 0 aromatic rings. The first-order valence-corrected chi connectivity index (χ1v) is 4.03. The second-order valence-corrected chi connectivity index (χ2v) is 3.05. The molecule has 0 fully saturated rings. The fourth-order valence-electron chi connectivity index (χ4n) is 0.195. The quantitative estimate of drug-likeness (QED) is 0.536. The molecule has 0 heterocycles. The summed E-state index contributed by atoms with van der Waals surface area (Å²) in [4.78, 5) is 0. The van der Waals surface area contributed by atoms with Crippen LogP contribution in [0.5, 0.6) is 0 Å². The van der Waals surface area contributed by atoms with Crippen molar-refractivity contribution in [3.63, 3.8) is 0 Å². The van der Waals surface area contributed by atoms with Crippen LogP contribution in [0.2, 0.25) is 0 Å². The van der Waals surface area contributed by atoms with Gasteiger partial charge in [0.1, 0.15) is 0 Å². The molecule has 0 unspecified atom stereocenters. The van der Waals surface area contributed by atoms with Crippen molar-refractivity contribution in [2.75, 3.05) is 6.26 Å². The summed E-state index contributed by atoms with van der Waals surface area (Å²) in [6.07, 6.45) is 4.67. The molecule has 5 heteroatoms. The second kappa shape index (κ2) is 3.24.